The summed E-state index contributed by atoms with van der Waals surface area (Å²) < 4.78 is 45.3. The van der Waals surface area contributed by atoms with Gasteiger partial charge < -0.3 is 9.73 Å². The van der Waals surface area contributed by atoms with E-state index < -0.39 is 11.3 Å². The fourth-order valence-corrected chi connectivity index (χ4v) is 4.56. The minimum atomic E-state index is -2.66. The molecule has 0 amide bonds. The zero-order chi connectivity index (χ0) is 34.0. The van der Waals surface area contributed by atoms with Crippen molar-refractivity contribution in [1.82, 2.24) is 9.97 Å². The number of furan rings is 1. The number of carbonyl (C=O) groups is 1. The predicted octanol–water partition coefficient (Wildman–Crippen LogP) is 11.6. The van der Waals surface area contributed by atoms with Crippen LogP contribution >= 0.6 is 0 Å². The number of halogens is 3. The Bertz CT molecular complexity index is 1280. The van der Waals surface area contributed by atoms with Crippen LogP contribution in [0.25, 0.3) is 11.1 Å². The summed E-state index contributed by atoms with van der Waals surface area (Å²) in [5.74, 6) is -1.49. The first kappa shape index (κ1) is 39.6. The number of aromatic nitrogens is 2. The van der Waals surface area contributed by atoms with Crippen LogP contribution in [0, 0.1) is 11.7 Å². The Morgan fingerprint density at radius 2 is 1.69 bits per heavy atom. The number of nitrogens with zero attached hydrogens (tertiary/aromatic N) is 2. The quantitative estimate of drug-likeness (QED) is 0.213. The minimum absolute atomic E-state index is 0. The number of hydrogen-bond acceptors (Lipinski definition) is 5. The zero-order valence-electron chi connectivity index (χ0n) is 28.8. The molecule has 252 valence electrons. The smallest absolute Gasteiger partial charge is 0.257 e. The van der Waals surface area contributed by atoms with E-state index in [4.69, 9.17) is 4.42 Å². The summed E-state index contributed by atoms with van der Waals surface area (Å²) >= 11 is 0. The Balaban J connectivity index is 0.000000890. The van der Waals surface area contributed by atoms with E-state index >= 15 is 0 Å². The summed E-state index contributed by atoms with van der Waals surface area (Å²) in [7, 11) is 0. The number of hydrogen-bond donors (Lipinski definition) is 1. The third kappa shape index (κ3) is 12.1. The van der Waals surface area contributed by atoms with Crippen molar-refractivity contribution >= 4 is 11.7 Å². The molecule has 2 saturated carbocycles. The lowest BCUT2D eigenvalue weighted by Crippen LogP contribution is -2.29. The summed E-state index contributed by atoms with van der Waals surface area (Å²) in [5.41, 5.74) is 2.09. The fraction of sp³-hybridized carbons (Fsp3) is 0.541. The standard InChI is InChI=1S/C22H26FN3O.C9H10F2O.3C2H6.H2/c1-3-4-5-6-21(16-7-8-16)26-22-24-13-19(14-25-22)17-9-10-18(11-15(2)27)20(23)12-17;1-8(10,11)9(4-5-9)7-3-2-6-12-7;3*1-2;/h6,9-10,12-14,16H,3-5,7-8,11H2,1-2H3,(H,24,25,26);2-3,6H,4-5H2,1H3;3*1-2H3;1H/b21-6+;;;;;. The molecule has 0 aliphatic heterocycles. The Labute approximate surface area is 270 Å². The van der Waals surface area contributed by atoms with Gasteiger partial charge in [-0.2, -0.15) is 0 Å². The molecular formula is C37H56F3N3O2. The van der Waals surface area contributed by atoms with Crippen LogP contribution in [0.5, 0.6) is 0 Å². The van der Waals surface area contributed by atoms with Gasteiger partial charge in [-0.05, 0) is 74.3 Å². The summed E-state index contributed by atoms with van der Waals surface area (Å²) in [5, 5.41) is 3.35. The molecule has 2 heterocycles. The maximum absolute atomic E-state index is 14.2. The van der Waals surface area contributed by atoms with E-state index in [1.54, 1.807) is 36.7 Å². The Hall–Kier alpha value is -3.42. The molecular weight excluding hydrogens is 575 g/mol. The number of allylic oxidation sites excluding steroid dienone is 2. The molecule has 0 atom stereocenters. The van der Waals surface area contributed by atoms with Crippen molar-refractivity contribution in [2.24, 2.45) is 5.92 Å². The average molecular weight is 632 g/mol. The van der Waals surface area contributed by atoms with Crippen molar-refractivity contribution in [3.8, 4) is 11.1 Å². The van der Waals surface area contributed by atoms with Gasteiger partial charge in [0.1, 0.15) is 17.4 Å². The fourth-order valence-electron chi connectivity index (χ4n) is 4.56. The van der Waals surface area contributed by atoms with Crippen LogP contribution in [0.1, 0.15) is 120 Å². The lowest BCUT2D eigenvalue weighted by molar-refractivity contribution is -0.116. The monoisotopic (exact) mass is 631 g/mol. The van der Waals surface area contributed by atoms with Crippen LogP contribution in [0.2, 0.25) is 0 Å². The Morgan fingerprint density at radius 3 is 2.13 bits per heavy atom. The van der Waals surface area contributed by atoms with Gasteiger partial charge in [-0.25, -0.2) is 23.1 Å². The van der Waals surface area contributed by atoms with Crippen LogP contribution in [-0.2, 0) is 16.6 Å². The molecule has 8 heteroatoms. The van der Waals surface area contributed by atoms with Crippen LogP contribution < -0.4 is 5.32 Å². The predicted molar refractivity (Wildman–Crippen MR) is 182 cm³/mol. The van der Waals surface area contributed by atoms with Gasteiger partial charge in [-0.3, -0.25) is 4.79 Å². The lowest BCUT2D eigenvalue weighted by atomic mass is 9.96. The Kier molecular flexibility index (Phi) is 17.5. The highest BCUT2D eigenvalue weighted by Gasteiger charge is 2.62. The summed E-state index contributed by atoms with van der Waals surface area (Å²) in [6.45, 7) is 16.6. The summed E-state index contributed by atoms with van der Waals surface area (Å²) in [6.07, 6.45) is 14.2. The molecule has 2 fully saturated rings. The third-order valence-electron chi connectivity index (χ3n) is 7.26. The maximum Gasteiger partial charge on any atom is 0.257 e. The van der Waals surface area contributed by atoms with Crippen LogP contribution in [0.3, 0.4) is 0 Å². The summed E-state index contributed by atoms with van der Waals surface area (Å²) in [6, 6.07) is 8.17. The van der Waals surface area contributed by atoms with Crippen LogP contribution in [0.15, 0.2) is 65.2 Å². The van der Waals surface area contributed by atoms with Crippen molar-refractivity contribution in [3.63, 3.8) is 0 Å². The number of ketones is 1. The van der Waals surface area contributed by atoms with E-state index in [9.17, 15) is 18.0 Å². The number of benzene rings is 1. The first-order valence-corrected chi connectivity index (χ1v) is 16.6. The highest BCUT2D eigenvalue weighted by molar-refractivity contribution is 5.78. The number of carbonyl (C=O) groups excluding carboxylic acids is 1. The van der Waals surface area contributed by atoms with Gasteiger partial charge >= 0.3 is 0 Å². The van der Waals surface area contributed by atoms with Gasteiger partial charge in [0.15, 0.2) is 0 Å². The molecule has 0 saturated heterocycles. The molecule has 2 aliphatic rings. The molecule has 1 aromatic carbocycles. The van der Waals surface area contributed by atoms with Gasteiger partial charge in [-0.15, -0.1) is 0 Å². The maximum atomic E-state index is 14.2. The summed E-state index contributed by atoms with van der Waals surface area (Å²) in [4.78, 5) is 20.0. The molecule has 5 rings (SSSR count). The number of alkyl halides is 2. The molecule has 2 aromatic heterocycles. The van der Waals surface area contributed by atoms with Crippen LogP contribution in [0.4, 0.5) is 19.1 Å². The normalized spacial score (nSPS) is 14.5. The van der Waals surface area contributed by atoms with E-state index in [1.165, 1.54) is 50.6 Å². The molecule has 3 aromatic rings. The molecule has 0 radical (unpaired) electrons. The van der Waals surface area contributed by atoms with Gasteiger partial charge in [0.25, 0.3) is 5.92 Å². The molecule has 2 aliphatic carbocycles. The molecule has 5 nitrogen and oxygen atoms in total. The van der Waals surface area contributed by atoms with E-state index in [0.717, 1.165) is 18.9 Å². The van der Waals surface area contributed by atoms with Crippen molar-refractivity contribution in [2.75, 3.05) is 5.32 Å². The Morgan fingerprint density at radius 1 is 1.07 bits per heavy atom. The molecule has 0 bridgehead atoms. The number of rotatable bonds is 11. The van der Waals surface area contributed by atoms with E-state index in [-0.39, 0.29) is 19.4 Å². The SMILES string of the molecule is CC.CC.CC.CC(F)(F)C1(c2ccco2)CC1.CCCC/C=C(/Nc1ncc(-c2ccc(CC(C)=O)c(F)c2)cn1)C1CC1.[HH]. The molecule has 0 spiro atoms. The van der Waals surface area contributed by atoms with Crippen molar-refractivity contribution in [1.29, 1.82) is 0 Å². The first-order valence-electron chi connectivity index (χ1n) is 16.6. The molecule has 0 unspecified atom stereocenters. The lowest BCUT2D eigenvalue weighted by Gasteiger charge is -2.20. The number of anilines is 1. The van der Waals surface area contributed by atoms with Gasteiger partial charge in [-0.1, -0.05) is 79.5 Å². The minimum Gasteiger partial charge on any atom is -0.469 e. The number of nitrogens with one attached hydrogen (secondary N) is 1. The number of unbranched alkanes of at least 4 members (excludes halogenated alkanes) is 2. The molecule has 45 heavy (non-hydrogen) atoms. The van der Waals surface area contributed by atoms with E-state index in [0.29, 0.717) is 41.6 Å². The largest absolute Gasteiger partial charge is 0.469 e. The first-order chi connectivity index (χ1) is 21.6. The van der Waals surface area contributed by atoms with Crippen LogP contribution in [-0.4, -0.2) is 21.7 Å². The van der Waals surface area contributed by atoms with Crippen molar-refractivity contribution < 1.29 is 23.8 Å². The zero-order valence-corrected chi connectivity index (χ0v) is 28.8. The second kappa shape index (κ2) is 19.9. The van der Waals surface area contributed by atoms with Gasteiger partial charge in [0.2, 0.25) is 5.95 Å². The molecule has 1 N–H and O–H groups in total. The van der Waals surface area contributed by atoms with Gasteiger partial charge in [0, 0.05) is 38.4 Å². The van der Waals surface area contributed by atoms with E-state index in [2.05, 4.69) is 28.3 Å². The third-order valence-corrected chi connectivity index (χ3v) is 7.26. The highest BCUT2D eigenvalue weighted by Crippen LogP contribution is 2.58. The van der Waals surface area contributed by atoms with Crippen molar-refractivity contribution in [3.05, 3.63) is 77.9 Å². The average Bonchev–Trinajstić information content (AvgIpc) is 3.99. The van der Waals surface area contributed by atoms with Crippen molar-refractivity contribution in [2.45, 2.75) is 125 Å². The van der Waals surface area contributed by atoms with E-state index in [1.807, 2.05) is 41.5 Å². The highest BCUT2D eigenvalue weighted by atomic mass is 19.3. The second-order valence-electron chi connectivity index (χ2n) is 10.6. The second-order valence-corrected chi connectivity index (χ2v) is 10.6. The number of Topliss-reactive ketones (excluding diaryl/α,β-unsaturated/α-hetero) is 1. The van der Waals surface area contributed by atoms with Gasteiger partial charge in [0.05, 0.1) is 11.7 Å². The topological polar surface area (TPSA) is 68.0 Å².